The maximum Gasteiger partial charge on any atom is 0.226 e. The molecule has 0 radical (unpaired) electrons. The van der Waals surface area contributed by atoms with Crippen LogP contribution in [-0.2, 0) is 13.0 Å². The quantitative estimate of drug-likeness (QED) is 0.866. The number of aryl methyl sites for hydroxylation is 1. The molecule has 0 amide bonds. The highest BCUT2D eigenvalue weighted by molar-refractivity contribution is 5.29. The molecule has 5 nitrogen and oxygen atoms in total. The highest BCUT2D eigenvalue weighted by Crippen LogP contribution is 2.19. The molecule has 0 aliphatic carbocycles. The lowest BCUT2D eigenvalue weighted by Crippen LogP contribution is -1.99. The number of hydrogen-bond donors (Lipinski definition) is 1. The third-order valence-corrected chi connectivity index (χ3v) is 2.68. The smallest absolute Gasteiger partial charge is 0.226 e. The maximum atomic E-state index is 9.50. The fraction of sp³-hybridized carbons (Fsp3) is 0.429. The van der Waals surface area contributed by atoms with Gasteiger partial charge < -0.3 is 14.4 Å². The van der Waals surface area contributed by atoms with Gasteiger partial charge in [-0.05, 0) is 31.0 Å². The number of hydrogen-bond acceptors (Lipinski definition) is 5. The minimum atomic E-state index is -0.509. The molecule has 1 heterocycles. The molecule has 2 rings (SSSR count). The number of aromatic nitrogens is 2. The molecule has 1 N–H and O–H groups in total. The predicted molar refractivity (Wildman–Crippen MR) is 69.7 cm³/mol. The van der Waals surface area contributed by atoms with Crippen LogP contribution in [0.4, 0.5) is 0 Å². The first-order valence-electron chi connectivity index (χ1n) is 6.41. The van der Waals surface area contributed by atoms with Crippen LogP contribution in [0.15, 0.2) is 28.8 Å². The summed E-state index contributed by atoms with van der Waals surface area (Å²) in [4.78, 5) is 4.22. The van der Waals surface area contributed by atoms with Crippen molar-refractivity contribution in [1.82, 2.24) is 10.1 Å². The molecule has 0 bridgehead atoms. The van der Waals surface area contributed by atoms with Gasteiger partial charge in [0.05, 0.1) is 6.10 Å². The molecule has 5 heteroatoms. The molecule has 0 aliphatic heterocycles. The van der Waals surface area contributed by atoms with Gasteiger partial charge in [0.25, 0.3) is 0 Å². The molecular formula is C14H18N2O3. The van der Waals surface area contributed by atoms with E-state index in [2.05, 4.69) is 17.1 Å². The van der Waals surface area contributed by atoms with E-state index in [4.69, 9.17) is 9.26 Å². The first kappa shape index (κ1) is 13.5. The second kappa shape index (κ2) is 6.33. The zero-order chi connectivity index (χ0) is 13.7. The van der Waals surface area contributed by atoms with E-state index < -0.39 is 6.10 Å². The average Bonchev–Trinajstić information content (AvgIpc) is 2.85. The third kappa shape index (κ3) is 3.79. The zero-order valence-corrected chi connectivity index (χ0v) is 11.2. The predicted octanol–water partition coefficient (Wildman–Crippen LogP) is 2.65. The standard InChI is InChI=1S/C14H18N2O3/c1-3-5-14-15-13(16-19-14)9-18-12-7-4-6-11(8-12)10(2)17/h4,6-8,10,17H,3,5,9H2,1-2H3. The summed E-state index contributed by atoms with van der Waals surface area (Å²) in [5, 5.41) is 13.3. The summed E-state index contributed by atoms with van der Waals surface area (Å²) in [5.41, 5.74) is 0.817. The molecule has 1 aromatic carbocycles. The van der Waals surface area contributed by atoms with Crippen LogP contribution >= 0.6 is 0 Å². The average molecular weight is 262 g/mol. The van der Waals surface area contributed by atoms with Gasteiger partial charge >= 0.3 is 0 Å². The van der Waals surface area contributed by atoms with Crippen molar-refractivity contribution >= 4 is 0 Å². The first-order valence-corrected chi connectivity index (χ1v) is 6.41. The summed E-state index contributed by atoms with van der Waals surface area (Å²) in [6, 6.07) is 7.33. The zero-order valence-electron chi connectivity index (χ0n) is 11.2. The van der Waals surface area contributed by atoms with Gasteiger partial charge in [-0.1, -0.05) is 24.2 Å². The van der Waals surface area contributed by atoms with Crippen LogP contribution in [0, 0.1) is 0 Å². The lowest BCUT2D eigenvalue weighted by molar-refractivity contribution is 0.198. The van der Waals surface area contributed by atoms with E-state index in [9.17, 15) is 5.11 Å². The molecule has 1 aromatic heterocycles. The van der Waals surface area contributed by atoms with Gasteiger partial charge in [-0.3, -0.25) is 0 Å². The lowest BCUT2D eigenvalue weighted by atomic mass is 10.1. The van der Waals surface area contributed by atoms with Crippen LogP contribution in [0.25, 0.3) is 0 Å². The highest BCUT2D eigenvalue weighted by atomic mass is 16.5. The number of nitrogens with zero attached hydrogens (tertiary/aromatic N) is 2. The van der Waals surface area contributed by atoms with Gasteiger partial charge in [0, 0.05) is 6.42 Å². The number of rotatable bonds is 6. The Labute approximate surface area is 112 Å². The molecule has 1 atom stereocenters. The van der Waals surface area contributed by atoms with Crippen molar-refractivity contribution in [2.24, 2.45) is 0 Å². The number of aliphatic hydroxyl groups excluding tert-OH is 1. The second-order valence-corrected chi connectivity index (χ2v) is 4.39. The van der Waals surface area contributed by atoms with Gasteiger partial charge in [-0.15, -0.1) is 0 Å². The van der Waals surface area contributed by atoms with Crippen molar-refractivity contribution in [3.05, 3.63) is 41.5 Å². The van der Waals surface area contributed by atoms with Gasteiger partial charge in [-0.2, -0.15) is 4.98 Å². The Hall–Kier alpha value is -1.88. The maximum absolute atomic E-state index is 9.50. The van der Waals surface area contributed by atoms with E-state index in [-0.39, 0.29) is 6.61 Å². The Morgan fingerprint density at radius 3 is 3.00 bits per heavy atom. The van der Waals surface area contributed by atoms with E-state index in [0.29, 0.717) is 17.5 Å². The van der Waals surface area contributed by atoms with Crippen LogP contribution in [0.5, 0.6) is 5.75 Å². The van der Waals surface area contributed by atoms with Crippen molar-refractivity contribution in [2.75, 3.05) is 0 Å². The van der Waals surface area contributed by atoms with Crippen LogP contribution in [0.3, 0.4) is 0 Å². The Balaban J connectivity index is 1.95. The second-order valence-electron chi connectivity index (χ2n) is 4.39. The SMILES string of the molecule is CCCc1nc(COc2cccc(C(C)O)c2)no1. The molecule has 0 saturated heterocycles. The van der Waals surface area contributed by atoms with E-state index in [1.165, 1.54) is 0 Å². The molecule has 102 valence electrons. The van der Waals surface area contributed by atoms with Gasteiger partial charge in [0.2, 0.25) is 11.7 Å². The molecule has 0 spiro atoms. The number of benzene rings is 1. The Morgan fingerprint density at radius 1 is 1.42 bits per heavy atom. The molecule has 1 unspecified atom stereocenters. The van der Waals surface area contributed by atoms with Crippen molar-refractivity contribution < 1.29 is 14.4 Å². The van der Waals surface area contributed by atoms with Crippen LogP contribution in [-0.4, -0.2) is 15.2 Å². The number of aliphatic hydroxyl groups is 1. The van der Waals surface area contributed by atoms with E-state index in [1.54, 1.807) is 13.0 Å². The first-order chi connectivity index (χ1) is 9.19. The highest BCUT2D eigenvalue weighted by Gasteiger charge is 2.07. The summed E-state index contributed by atoms with van der Waals surface area (Å²) in [5.74, 6) is 1.85. The molecule has 0 saturated carbocycles. The molecule has 2 aromatic rings. The molecule has 19 heavy (non-hydrogen) atoms. The van der Waals surface area contributed by atoms with Gasteiger partial charge in [-0.25, -0.2) is 0 Å². The van der Waals surface area contributed by atoms with Crippen molar-refractivity contribution in [3.8, 4) is 5.75 Å². The number of ether oxygens (including phenoxy) is 1. The van der Waals surface area contributed by atoms with Crippen LogP contribution in [0.1, 0.15) is 43.7 Å². The Bertz CT molecular complexity index is 523. The van der Waals surface area contributed by atoms with E-state index in [0.717, 1.165) is 18.4 Å². The normalized spacial score (nSPS) is 12.4. The van der Waals surface area contributed by atoms with E-state index >= 15 is 0 Å². The Kier molecular flexibility index (Phi) is 4.52. The fourth-order valence-corrected chi connectivity index (χ4v) is 1.68. The van der Waals surface area contributed by atoms with Crippen molar-refractivity contribution in [3.63, 3.8) is 0 Å². The van der Waals surface area contributed by atoms with Crippen molar-refractivity contribution in [2.45, 2.75) is 39.4 Å². The van der Waals surface area contributed by atoms with Gasteiger partial charge in [0.1, 0.15) is 5.75 Å². The Morgan fingerprint density at radius 2 is 2.26 bits per heavy atom. The fourth-order valence-electron chi connectivity index (χ4n) is 1.68. The summed E-state index contributed by atoms with van der Waals surface area (Å²) >= 11 is 0. The molecular weight excluding hydrogens is 244 g/mol. The topological polar surface area (TPSA) is 68.4 Å². The summed E-state index contributed by atoms with van der Waals surface area (Å²) in [6.45, 7) is 4.04. The summed E-state index contributed by atoms with van der Waals surface area (Å²) in [6.07, 6.45) is 1.24. The molecule has 0 aliphatic rings. The third-order valence-electron chi connectivity index (χ3n) is 2.68. The van der Waals surface area contributed by atoms with Crippen molar-refractivity contribution in [1.29, 1.82) is 0 Å². The van der Waals surface area contributed by atoms with Crippen LogP contribution < -0.4 is 4.74 Å². The lowest BCUT2D eigenvalue weighted by Gasteiger charge is -2.07. The largest absolute Gasteiger partial charge is 0.485 e. The van der Waals surface area contributed by atoms with E-state index in [1.807, 2.05) is 18.2 Å². The summed E-state index contributed by atoms with van der Waals surface area (Å²) in [7, 11) is 0. The van der Waals surface area contributed by atoms with Crippen LogP contribution in [0.2, 0.25) is 0 Å². The van der Waals surface area contributed by atoms with Gasteiger partial charge in [0.15, 0.2) is 6.61 Å². The molecule has 0 fully saturated rings. The summed E-state index contributed by atoms with van der Waals surface area (Å²) < 4.78 is 10.7. The minimum Gasteiger partial charge on any atom is -0.485 e. The minimum absolute atomic E-state index is 0.260. The monoisotopic (exact) mass is 262 g/mol.